The largest absolute Gasteiger partial charge is 2.00 e. The smallest absolute Gasteiger partial charge is 1.00 e. The second kappa shape index (κ2) is 9.56. The van der Waals surface area contributed by atoms with Crippen LogP contribution in [0.2, 0.25) is 0 Å². The van der Waals surface area contributed by atoms with Gasteiger partial charge in [0.25, 0.3) is 0 Å². The Kier molecular flexibility index (Phi) is 11.2. The van der Waals surface area contributed by atoms with Crippen LogP contribution in [0.1, 0.15) is 20.3 Å². The first-order valence-electron chi connectivity index (χ1n) is 4.28. The number of para-hydroxylation sites is 1. The van der Waals surface area contributed by atoms with Crippen LogP contribution in [0.5, 0.6) is 0 Å². The molecular formula is C11H14BrMgN. The van der Waals surface area contributed by atoms with Crippen molar-refractivity contribution in [1.29, 1.82) is 0 Å². The molecule has 0 bridgehead atoms. The number of benzene rings is 1. The number of nitrogens with zero attached hydrogens (tertiary/aromatic N) is 1. The SMILES string of the molecule is C/C=C(/CC)[N-]c1ccccc1.[Br-].[Mg+2]. The molecule has 0 saturated heterocycles. The van der Waals surface area contributed by atoms with Crippen LogP contribution in [0.25, 0.3) is 5.32 Å². The first kappa shape index (κ1) is 16.4. The second-order valence-electron chi connectivity index (χ2n) is 2.58. The van der Waals surface area contributed by atoms with Crippen LogP contribution >= 0.6 is 0 Å². The molecule has 0 fully saturated rings. The molecule has 0 amide bonds. The zero-order valence-electron chi connectivity index (χ0n) is 8.70. The minimum absolute atomic E-state index is 0. The summed E-state index contributed by atoms with van der Waals surface area (Å²) in [4.78, 5) is 0. The summed E-state index contributed by atoms with van der Waals surface area (Å²) in [5.74, 6) is 0. The minimum atomic E-state index is 0. The Bertz CT molecular complexity index is 259. The van der Waals surface area contributed by atoms with Crippen LogP contribution in [-0.4, -0.2) is 23.1 Å². The van der Waals surface area contributed by atoms with Gasteiger partial charge in [0, 0.05) is 0 Å². The molecule has 1 aromatic rings. The van der Waals surface area contributed by atoms with Gasteiger partial charge in [-0.25, -0.2) is 0 Å². The van der Waals surface area contributed by atoms with E-state index in [-0.39, 0.29) is 40.0 Å². The van der Waals surface area contributed by atoms with Gasteiger partial charge in [-0.05, 0) is 6.92 Å². The van der Waals surface area contributed by atoms with Gasteiger partial charge in [0.05, 0.1) is 0 Å². The maximum atomic E-state index is 4.46. The van der Waals surface area contributed by atoms with E-state index < -0.39 is 0 Å². The van der Waals surface area contributed by atoms with Gasteiger partial charge in [0.2, 0.25) is 0 Å². The molecule has 1 nitrogen and oxygen atoms in total. The molecule has 0 aliphatic heterocycles. The Labute approximate surface area is 113 Å². The van der Waals surface area contributed by atoms with E-state index in [0.717, 1.165) is 17.8 Å². The molecule has 0 saturated carbocycles. The summed E-state index contributed by atoms with van der Waals surface area (Å²) in [6.45, 7) is 4.13. The van der Waals surface area contributed by atoms with E-state index >= 15 is 0 Å². The van der Waals surface area contributed by atoms with Gasteiger partial charge in [-0.1, -0.05) is 43.7 Å². The number of rotatable bonds is 3. The Morgan fingerprint density at radius 2 is 1.86 bits per heavy atom. The molecule has 0 radical (unpaired) electrons. The summed E-state index contributed by atoms with van der Waals surface area (Å²) in [5.41, 5.74) is 2.17. The molecule has 0 spiro atoms. The summed E-state index contributed by atoms with van der Waals surface area (Å²) in [5, 5.41) is 4.46. The molecule has 14 heavy (non-hydrogen) atoms. The molecule has 0 aromatic heterocycles. The predicted molar refractivity (Wildman–Crippen MR) is 59.3 cm³/mol. The molecule has 0 aliphatic carbocycles. The summed E-state index contributed by atoms with van der Waals surface area (Å²) >= 11 is 0. The van der Waals surface area contributed by atoms with Crippen LogP contribution in [0.4, 0.5) is 5.69 Å². The van der Waals surface area contributed by atoms with Crippen LogP contribution in [0, 0.1) is 0 Å². The summed E-state index contributed by atoms with van der Waals surface area (Å²) < 4.78 is 0. The number of hydrogen-bond acceptors (Lipinski definition) is 0. The van der Waals surface area contributed by atoms with Crippen molar-refractivity contribution in [2.75, 3.05) is 0 Å². The topological polar surface area (TPSA) is 14.1 Å². The van der Waals surface area contributed by atoms with Gasteiger partial charge in [-0.15, -0.1) is 11.8 Å². The zero-order valence-corrected chi connectivity index (χ0v) is 11.7. The van der Waals surface area contributed by atoms with Crippen LogP contribution in [0.15, 0.2) is 42.1 Å². The number of halogens is 1. The van der Waals surface area contributed by atoms with Crippen molar-refractivity contribution >= 4 is 28.7 Å². The molecule has 0 N–H and O–H groups in total. The first-order valence-corrected chi connectivity index (χ1v) is 4.28. The minimum Gasteiger partial charge on any atom is -1.00 e. The Balaban J connectivity index is 0. The van der Waals surface area contributed by atoms with E-state index in [0.29, 0.717) is 0 Å². The van der Waals surface area contributed by atoms with Crippen molar-refractivity contribution in [3.8, 4) is 0 Å². The van der Waals surface area contributed by atoms with E-state index in [4.69, 9.17) is 0 Å². The van der Waals surface area contributed by atoms with Crippen molar-refractivity contribution in [3.05, 3.63) is 47.4 Å². The van der Waals surface area contributed by atoms with E-state index in [9.17, 15) is 0 Å². The van der Waals surface area contributed by atoms with Crippen molar-refractivity contribution < 1.29 is 17.0 Å². The Hall–Kier alpha value is 0.00623. The van der Waals surface area contributed by atoms with Crippen LogP contribution in [0.3, 0.4) is 0 Å². The van der Waals surface area contributed by atoms with Gasteiger partial charge in [0.15, 0.2) is 0 Å². The molecule has 0 heterocycles. The van der Waals surface area contributed by atoms with Crippen LogP contribution in [-0.2, 0) is 0 Å². The van der Waals surface area contributed by atoms with E-state index in [1.807, 2.05) is 43.3 Å². The fraction of sp³-hybridized carbons (Fsp3) is 0.273. The van der Waals surface area contributed by atoms with Crippen molar-refractivity contribution in [3.63, 3.8) is 0 Å². The standard InChI is InChI=1S/C11H14N.BrH.Mg/c1-3-10(4-2)12-11-8-6-5-7-9-11;;/h3,5-9H,4H2,1-2H3;1H;/q-1;;+2/p-1/b10-3-;;. The average molecular weight is 264 g/mol. The maximum absolute atomic E-state index is 4.46. The summed E-state index contributed by atoms with van der Waals surface area (Å²) in [6, 6.07) is 10.0. The normalized spacial score (nSPS) is 9.71. The molecule has 0 unspecified atom stereocenters. The second-order valence-corrected chi connectivity index (χ2v) is 2.58. The zero-order chi connectivity index (χ0) is 8.81. The number of hydrogen-bond donors (Lipinski definition) is 0. The molecule has 0 aliphatic rings. The number of allylic oxidation sites excluding steroid dienone is 2. The van der Waals surface area contributed by atoms with Crippen molar-refractivity contribution in [1.82, 2.24) is 0 Å². The maximum Gasteiger partial charge on any atom is 2.00 e. The van der Waals surface area contributed by atoms with Gasteiger partial charge < -0.3 is 22.3 Å². The summed E-state index contributed by atoms with van der Waals surface area (Å²) in [6.07, 6.45) is 3.04. The molecule has 1 rings (SSSR count). The van der Waals surface area contributed by atoms with Gasteiger partial charge >= 0.3 is 23.1 Å². The molecule has 72 valence electrons. The third-order valence-corrected chi connectivity index (χ3v) is 1.72. The third-order valence-electron chi connectivity index (χ3n) is 1.72. The van der Waals surface area contributed by atoms with Crippen molar-refractivity contribution in [2.24, 2.45) is 0 Å². The fourth-order valence-corrected chi connectivity index (χ4v) is 1.02. The van der Waals surface area contributed by atoms with E-state index in [1.165, 1.54) is 0 Å². The summed E-state index contributed by atoms with van der Waals surface area (Å²) in [7, 11) is 0. The van der Waals surface area contributed by atoms with E-state index in [2.05, 4.69) is 12.2 Å². The quantitative estimate of drug-likeness (QED) is 0.711. The molecular weight excluding hydrogens is 250 g/mol. The van der Waals surface area contributed by atoms with Crippen LogP contribution < -0.4 is 17.0 Å². The van der Waals surface area contributed by atoms with Gasteiger partial charge in [-0.2, -0.15) is 5.70 Å². The van der Waals surface area contributed by atoms with Gasteiger partial charge in [-0.3, -0.25) is 0 Å². The third kappa shape index (κ3) is 5.68. The predicted octanol–water partition coefficient (Wildman–Crippen LogP) is 0.629. The Morgan fingerprint density at radius 1 is 1.29 bits per heavy atom. The molecule has 1 aromatic carbocycles. The van der Waals surface area contributed by atoms with E-state index in [1.54, 1.807) is 0 Å². The first-order chi connectivity index (χ1) is 5.86. The Morgan fingerprint density at radius 3 is 2.29 bits per heavy atom. The molecule has 0 atom stereocenters. The average Bonchev–Trinajstić information content (AvgIpc) is 2.16. The molecule has 3 heteroatoms. The van der Waals surface area contributed by atoms with Crippen molar-refractivity contribution in [2.45, 2.75) is 20.3 Å². The fourth-order valence-electron chi connectivity index (χ4n) is 1.02. The van der Waals surface area contributed by atoms with Gasteiger partial charge in [0.1, 0.15) is 0 Å². The monoisotopic (exact) mass is 263 g/mol.